The summed E-state index contributed by atoms with van der Waals surface area (Å²) in [6.07, 6.45) is 3.70. The van der Waals surface area contributed by atoms with Crippen LogP contribution in [-0.4, -0.2) is 30.3 Å². The summed E-state index contributed by atoms with van der Waals surface area (Å²) >= 11 is 0. The topological polar surface area (TPSA) is 52.0 Å². The highest BCUT2D eigenvalue weighted by Crippen LogP contribution is 1.97. The summed E-state index contributed by atoms with van der Waals surface area (Å²) in [4.78, 5) is 2.01. The molecule has 2 N–H and O–H groups in total. The van der Waals surface area contributed by atoms with Crippen LogP contribution in [0.2, 0.25) is 0 Å². The molecule has 2 aliphatic heterocycles. The van der Waals surface area contributed by atoms with Crippen LogP contribution in [0.15, 0.2) is 10.2 Å². The predicted molar refractivity (Wildman–Crippen MR) is 33.7 cm³/mol. The average molecular weight is 125 g/mol. The van der Waals surface area contributed by atoms with Crippen LogP contribution in [0.25, 0.3) is 0 Å². The first kappa shape index (κ1) is 4.60. The average Bonchev–Trinajstić information content (AvgIpc) is 2.33. The van der Waals surface area contributed by atoms with Gasteiger partial charge in [-0.15, -0.1) is 0 Å². The Labute approximate surface area is 52.4 Å². The molecule has 9 heavy (non-hydrogen) atoms. The van der Waals surface area contributed by atoms with Gasteiger partial charge in [0.2, 0.25) is 0 Å². The van der Waals surface area contributed by atoms with Gasteiger partial charge in [0.25, 0.3) is 0 Å². The molecule has 0 aromatic carbocycles. The van der Waals surface area contributed by atoms with Gasteiger partial charge in [-0.1, -0.05) is 0 Å². The molecular formula is C4H7N5. The zero-order valence-electron chi connectivity index (χ0n) is 4.78. The molecule has 0 bridgehead atoms. The molecule has 0 radical (unpaired) electrons. The van der Waals surface area contributed by atoms with E-state index < -0.39 is 0 Å². The first-order valence-electron chi connectivity index (χ1n) is 2.77. The van der Waals surface area contributed by atoms with Gasteiger partial charge in [0.05, 0.1) is 6.21 Å². The Balaban J connectivity index is 2.16. The molecule has 5 nitrogen and oxygen atoms in total. The molecule has 0 amide bonds. The Morgan fingerprint density at radius 3 is 3.44 bits per heavy atom. The van der Waals surface area contributed by atoms with Crippen LogP contribution in [0.3, 0.4) is 0 Å². The maximum Gasteiger partial charge on any atom is 0.155 e. The van der Waals surface area contributed by atoms with Crippen LogP contribution in [0, 0.1) is 0 Å². The standard InChI is InChI=1S/C4H7N5/c1-4-8-7-3-9(4)2-6-5-1/h1,3-4,6,8H,2H2. The number of fused-ring (bicyclic) bond motifs is 1. The summed E-state index contributed by atoms with van der Waals surface area (Å²) in [7, 11) is 0. The van der Waals surface area contributed by atoms with Crippen LogP contribution in [0.5, 0.6) is 0 Å². The summed E-state index contributed by atoms with van der Waals surface area (Å²) in [5, 5.41) is 7.71. The third kappa shape index (κ3) is 0.611. The van der Waals surface area contributed by atoms with Crippen LogP contribution < -0.4 is 10.9 Å². The maximum atomic E-state index is 3.86. The Kier molecular flexibility index (Phi) is 0.824. The fourth-order valence-corrected chi connectivity index (χ4v) is 0.834. The Morgan fingerprint density at radius 2 is 2.56 bits per heavy atom. The van der Waals surface area contributed by atoms with Crippen molar-refractivity contribution in [3.8, 4) is 0 Å². The lowest BCUT2D eigenvalue weighted by molar-refractivity contribution is 0.336. The molecular weight excluding hydrogens is 118 g/mol. The lowest BCUT2D eigenvalue weighted by Gasteiger charge is -2.23. The zero-order chi connectivity index (χ0) is 6.10. The second-order valence-corrected chi connectivity index (χ2v) is 1.93. The summed E-state index contributed by atoms with van der Waals surface area (Å²) in [6.45, 7) is 0.734. The first-order valence-corrected chi connectivity index (χ1v) is 2.77. The predicted octanol–water partition coefficient (Wildman–Crippen LogP) is -1.29. The van der Waals surface area contributed by atoms with Gasteiger partial charge in [0, 0.05) is 0 Å². The highest BCUT2D eigenvalue weighted by molar-refractivity contribution is 5.72. The highest BCUT2D eigenvalue weighted by Gasteiger charge is 2.19. The minimum atomic E-state index is 0.172. The molecule has 2 heterocycles. The van der Waals surface area contributed by atoms with Gasteiger partial charge < -0.3 is 4.90 Å². The van der Waals surface area contributed by atoms with E-state index >= 15 is 0 Å². The third-order valence-electron chi connectivity index (χ3n) is 1.33. The lowest BCUT2D eigenvalue weighted by Crippen LogP contribution is -2.46. The molecule has 0 fully saturated rings. The molecule has 0 saturated carbocycles. The van der Waals surface area contributed by atoms with Crippen molar-refractivity contribution < 1.29 is 0 Å². The number of hydrazone groups is 2. The molecule has 0 saturated heterocycles. The first-order chi connectivity index (χ1) is 4.47. The van der Waals surface area contributed by atoms with Crippen LogP contribution >= 0.6 is 0 Å². The number of nitrogens with one attached hydrogen (secondary N) is 2. The van der Waals surface area contributed by atoms with E-state index in [9.17, 15) is 0 Å². The van der Waals surface area contributed by atoms with Gasteiger partial charge in [-0.25, -0.2) is 0 Å². The van der Waals surface area contributed by atoms with Crippen molar-refractivity contribution in [2.45, 2.75) is 6.17 Å². The van der Waals surface area contributed by atoms with Gasteiger partial charge in [-0.3, -0.25) is 10.9 Å². The van der Waals surface area contributed by atoms with Crippen molar-refractivity contribution in [3.63, 3.8) is 0 Å². The van der Waals surface area contributed by atoms with E-state index in [2.05, 4.69) is 21.1 Å². The van der Waals surface area contributed by atoms with Crippen LogP contribution in [0.1, 0.15) is 0 Å². The molecule has 48 valence electrons. The molecule has 5 heteroatoms. The second kappa shape index (κ2) is 1.61. The Hall–Kier alpha value is -1.26. The number of nitrogens with zero attached hydrogens (tertiary/aromatic N) is 3. The van der Waals surface area contributed by atoms with E-state index in [0.717, 1.165) is 6.67 Å². The van der Waals surface area contributed by atoms with Gasteiger partial charge >= 0.3 is 0 Å². The molecule has 0 spiro atoms. The molecule has 0 aliphatic carbocycles. The van der Waals surface area contributed by atoms with Crippen molar-refractivity contribution in [2.24, 2.45) is 10.2 Å². The number of hydrogen-bond donors (Lipinski definition) is 2. The van der Waals surface area contributed by atoms with Crippen LogP contribution in [-0.2, 0) is 0 Å². The zero-order valence-corrected chi connectivity index (χ0v) is 4.78. The highest BCUT2D eigenvalue weighted by atomic mass is 15.6. The monoisotopic (exact) mass is 125 g/mol. The molecule has 0 aromatic heterocycles. The summed E-state index contributed by atoms with van der Waals surface area (Å²) in [6, 6.07) is 0. The Morgan fingerprint density at radius 1 is 1.56 bits per heavy atom. The summed E-state index contributed by atoms with van der Waals surface area (Å²) in [5.41, 5.74) is 5.68. The normalized spacial score (nSPS) is 29.3. The van der Waals surface area contributed by atoms with Gasteiger partial charge in [0.1, 0.15) is 13.0 Å². The molecule has 1 unspecified atom stereocenters. The minimum absolute atomic E-state index is 0.172. The largest absolute Gasteiger partial charge is 0.316 e. The fraction of sp³-hybridized carbons (Fsp3) is 0.500. The van der Waals surface area contributed by atoms with Gasteiger partial charge in [-0.05, 0) is 0 Å². The summed E-state index contributed by atoms with van der Waals surface area (Å²) < 4.78 is 0. The van der Waals surface area contributed by atoms with E-state index in [-0.39, 0.29) is 6.17 Å². The van der Waals surface area contributed by atoms with E-state index in [1.54, 1.807) is 12.6 Å². The molecule has 1 atom stereocenters. The number of rotatable bonds is 0. The molecule has 0 aromatic rings. The van der Waals surface area contributed by atoms with Gasteiger partial charge in [-0.2, -0.15) is 10.2 Å². The van der Waals surface area contributed by atoms with Crippen molar-refractivity contribution in [1.82, 2.24) is 15.8 Å². The molecule has 2 rings (SSSR count). The summed E-state index contributed by atoms with van der Waals surface area (Å²) in [5.74, 6) is 0. The second-order valence-electron chi connectivity index (χ2n) is 1.93. The van der Waals surface area contributed by atoms with Crippen molar-refractivity contribution in [3.05, 3.63) is 0 Å². The van der Waals surface area contributed by atoms with Crippen molar-refractivity contribution in [1.29, 1.82) is 0 Å². The fourth-order valence-electron chi connectivity index (χ4n) is 0.834. The Bertz CT molecular complexity index is 162. The van der Waals surface area contributed by atoms with Crippen molar-refractivity contribution in [2.75, 3.05) is 6.67 Å². The maximum absolute atomic E-state index is 3.86. The quantitative estimate of drug-likeness (QED) is 0.423. The number of hydrogen-bond acceptors (Lipinski definition) is 5. The van der Waals surface area contributed by atoms with Crippen molar-refractivity contribution >= 4 is 12.6 Å². The van der Waals surface area contributed by atoms with E-state index in [0.29, 0.717) is 0 Å². The minimum Gasteiger partial charge on any atom is -0.316 e. The van der Waals surface area contributed by atoms with Gasteiger partial charge in [0.15, 0.2) is 6.17 Å². The van der Waals surface area contributed by atoms with E-state index in [4.69, 9.17) is 0 Å². The smallest absolute Gasteiger partial charge is 0.155 e. The third-order valence-corrected chi connectivity index (χ3v) is 1.33. The lowest BCUT2D eigenvalue weighted by atomic mass is 10.5. The SMILES string of the molecule is C1=NNCN2C=NNC12. The molecule has 2 aliphatic rings. The van der Waals surface area contributed by atoms with E-state index in [1.807, 2.05) is 4.90 Å². The van der Waals surface area contributed by atoms with Crippen LogP contribution in [0.4, 0.5) is 0 Å². The van der Waals surface area contributed by atoms with E-state index in [1.165, 1.54) is 0 Å².